The molecule has 8 heteroatoms. The van der Waals surface area contributed by atoms with Crippen molar-refractivity contribution in [3.05, 3.63) is 33.9 Å². The number of aliphatic hydroxyl groups excluding tert-OH is 1. The van der Waals surface area contributed by atoms with Crippen molar-refractivity contribution in [2.24, 2.45) is 5.41 Å². The molecule has 2 rings (SSSR count). The van der Waals surface area contributed by atoms with E-state index in [1.54, 1.807) is 6.92 Å². The van der Waals surface area contributed by atoms with Gasteiger partial charge in [0.05, 0.1) is 9.82 Å². The van der Waals surface area contributed by atoms with Gasteiger partial charge in [0.1, 0.15) is 0 Å². The Morgan fingerprint density at radius 3 is 2.62 bits per heavy atom. The second-order valence-corrected chi connectivity index (χ2v) is 7.24. The molecule has 0 amide bonds. The SMILES string of the molecule is Cc1ccc([N+](=O)[O-])cc1S(=O)(=O)NCC1(CCO)CC1. The Kier molecular flexibility index (Phi) is 4.31. The molecule has 0 unspecified atom stereocenters. The maximum Gasteiger partial charge on any atom is 0.270 e. The number of rotatable bonds is 7. The van der Waals surface area contributed by atoms with E-state index in [0.29, 0.717) is 12.0 Å². The highest BCUT2D eigenvalue weighted by Crippen LogP contribution is 2.48. The summed E-state index contributed by atoms with van der Waals surface area (Å²) in [6.45, 7) is 1.87. The molecule has 0 radical (unpaired) electrons. The molecule has 0 atom stereocenters. The first-order chi connectivity index (χ1) is 9.80. The van der Waals surface area contributed by atoms with E-state index in [2.05, 4.69) is 4.72 Å². The second kappa shape index (κ2) is 5.70. The molecule has 21 heavy (non-hydrogen) atoms. The van der Waals surface area contributed by atoms with Gasteiger partial charge in [-0.3, -0.25) is 10.1 Å². The number of non-ortho nitro benzene ring substituents is 1. The molecular formula is C13H18N2O5S. The molecular weight excluding hydrogens is 296 g/mol. The number of aliphatic hydroxyl groups is 1. The number of nitro benzene ring substituents is 1. The molecule has 1 aromatic carbocycles. The average molecular weight is 314 g/mol. The van der Waals surface area contributed by atoms with Crippen LogP contribution in [0.5, 0.6) is 0 Å². The van der Waals surface area contributed by atoms with Crippen LogP contribution >= 0.6 is 0 Å². The lowest BCUT2D eigenvalue weighted by molar-refractivity contribution is -0.385. The number of aryl methyl sites for hydroxylation is 1. The van der Waals surface area contributed by atoms with Gasteiger partial charge in [-0.25, -0.2) is 13.1 Å². The van der Waals surface area contributed by atoms with E-state index in [-0.39, 0.29) is 29.1 Å². The van der Waals surface area contributed by atoms with Crippen LogP contribution in [0.3, 0.4) is 0 Å². The maximum absolute atomic E-state index is 12.3. The highest BCUT2D eigenvalue weighted by atomic mass is 32.2. The van der Waals surface area contributed by atoms with Crippen LogP contribution in [0.2, 0.25) is 0 Å². The van der Waals surface area contributed by atoms with Crippen molar-refractivity contribution >= 4 is 15.7 Å². The van der Waals surface area contributed by atoms with E-state index in [1.165, 1.54) is 12.1 Å². The van der Waals surface area contributed by atoms with Crippen molar-refractivity contribution in [3.63, 3.8) is 0 Å². The summed E-state index contributed by atoms with van der Waals surface area (Å²) in [6, 6.07) is 3.78. The second-order valence-electron chi connectivity index (χ2n) is 5.51. The molecule has 1 fully saturated rings. The van der Waals surface area contributed by atoms with Gasteiger partial charge in [0.2, 0.25) is 10.0 Å². The predicted octanol–water partition coefficient (Wildman–Crippen LogP) is 1.34. The fraction of sp³-hybridized carbons (Fsp3) is 0.538. The Bertz CT molecular complexity index is 653. The van der Waals surface area contributed by atoms with Crippen molar-refractivity contribution in [2.75, 3.05) is 13.2 Å². The lowest BCUT2D eigenvalue weighted by atomic mass is 10.0. The molecule has 0 bridgehead atoms. The molecule has 1 aromatic rings. The first-order valence-electron chi connectivity index (χ1n) is 6.65. The molecule has 1 saturated carbocycles. The van der Waals surface area contributed by atoms with E-state index in [1.807, 2.05) is 0 Å². The normalized spacial score (nSPS) is 16.7. The number of nitrogens with one attached hydrogen (secondary N) is 1. The summed E-state index contributed by atoms with van der Waals surface area (Å²) in [4.78, 5) is 10.1. The van der Waals surface area contributed by atoms with Crippen molar-refractivity contribution in [2.45, 2.75) is 31.1 Å². The average Bonchev–Trinajstić information content (AvgIpc) is 3.17. The number of hydrogen-bond donors (Lipinski definition) is 2. The Labute approximate surface area is 123 Å². The van der Waals surface area contributed by atoms with E-state index in [4.69, 9.17) is 5.11 Å². The van der Waals surface area contributed by atoms with Crippen molar-refractivity contribution in [3.8, 4) is 0 Å². The summed E-state index contributed by atoms with van der Waals surface area (Å²) in [7, 11) is -3.79. The third-order valence-corrected chi connectivity index (χ3v) is 5.45. The van der Waals surface area contributed by atoms with Gasteiger partial charge >= 0.3 is 0 Å². The minimum atomic E-state index is -3.79. The molecule has 0 saturated heterocycles. The van der Waals surface area contributed by atoms with Crippen LogP contribution in [0.1, 0.15) is 24.8 Å². The van der Waals surface area contributed by atoms with Gasteiger partial charge in [0, 0.05) is 25.3 Å². The Morgan fingerprint density at radius 1 is 1.43 bits per heavy atom. The lowest BCUT2D eigenvalue weighted by Gasteiger charge is -2.15. The Hall–Kier alpha value is -1.51. The number of nitrogens with zero attached hydrogens (tertiary/aromatic N) is 1. The molecule has 0 aromatic heterocycles. The van der Waals surface area contributed by atoms with Crippen LogP contribution in [-0.4, -0.2) is 31.6 Å². The van der Waals surface area contributed by atoms with Gasteiger partial charge in [0.15, 0.2) is 0 Å². The summed E-state index contributed by atoms with van der Waals surface area (Å²) in [5, 5.41) is 19.7. The van der Waals surface area contributed by atoms with Gasteiger partial charge in [-0.05, 0) is 37.2 Å². The van der Waals surface area contributed by atoms with E-state index >= 15 is 0 Å². The summed E-state index contributed by atoms with van der Waals surface area (Å²) < 4.78 is 27.1. The zero-order valence-electron chi connectivity index (χ0n) is 11.7. The topological polar surface area (TPSA) is 110 Å². The van der Waals surface area contributed by atoms with Gasteiger partial charge in [-0.1, -0.05) is 6.07 Å². The number of benzene rings is 1. The lowest BCUT2D eigenvalue weighted by Crippen LogP contribution is -2.31. The zero-order chi connectivity index (χ0) is 15.7. The predicted molar refractivity (Wildman–Crippen MR) is 76.4 cm³/mol. The van der Waals surface area contributed by atoms with E-state index in [9.17, 15) is 18.5 Å². The summed E-state index contributed by atoms with van der Waals surface area (Å²) >= 11 is 0. The fourth-order valence-electron chi connectivity index (χ4n) is 2.25. The van der Waals surface area contributed by atoms with Gasteiger partial charge in [-0.2, -0.15) is 0 Å². The third kappa shape index (κ3) is 3.58. The van der Waals surface area contributed by atoms with Crippen molar-refractivity contribution in [1.82, 2.24) is 4.72 Å². The number of nitro groups is 1. The van der Waals surface area contributed by atoms with Gasteiger partial charge in [-0.15, -0.1) is 0 Å². The summed E-state index contributed by atoms with van der Waals surface area (Å²) in [5.74, 6) is 0. The minimum Gasteiger partial charge on any atom is -0.396 e. The van der Waals surface area contributed by atoms with Crippen LogP contribution in [-0.2, 0) is 10.0 Å². The zero-order valence-corrected chi connectivity index (χ0v) is 12.5. The van der Waals surface area contributed by atoms with E-state index < -0.39 is 14.9 Å². The minimum absolute atomic E-state index is 0.0254. The summed E-state index contributed by atoms with van der Waals surface area (Å²) in [5.41, 5.74) is 0.0498. The van der Waals surface area contributed by atoms with Crippen LogP contribution in [0.25, 0.3) is 0 Å². The molecule has 0 heterocycles. The molecule has 1 aliphatic rings. The van der Waals surface area contributed by atoms with Crippen molar-refractivity contribution in [1.29, 1.82) is 0 Å². The summed E-state index contributed by atoms with van der Waals surface area (Å²) in [6.07, 6.45) is 2.32. The number of sulfonamides is 1. The standard InChI is InChI=1S/C13H18N2O5S/c1-10-2-3-11(15(17)18)8-12(10)21(19,20)14-9-13(4-5-13)6-7-16/h2-3,8,14,16H,4-7,9H2,1H3. The molecule has 2 N–H and O–H groups in total. The van der Waals surface area contributed by atoms with E-state index in [0.717, 1.165) is 18.9 Å². The first-order valence-corrected chi connectivity index (χ1v) is 8.14. The van der Waals surface area contributed by atoms with Crippen LogP contribution in [0, 0.1) is 22.5 Å². The van der Waals surface area contributed by atoms with Gasteiger partial charge < -0.3 is 5.11 Å². The molecule has 1 aliphatic carbocycles. The van der Waals surface area contributed by atoms with Crippen LogP contribution in [0.15, 0.2) is 23.1 Å². The quantitative estimate of drug-likeness (QED) is 0.583. The molecule has 7 nitrogen and oxygen atoms in total. The van der Waals surface area contributed by atoms with Crippen LogP contribution < -0.4 is 4.72 Å². The Balaban J connectivity index is 2.19. The maximum atomic E-state index is 12.3. The van der Waals surface area contributed by atoms with Crippen LogP contribution in [0.4, 0.5) is 5.69 Å². The molecule has 116 valence electrons. The first kappa shape index (κ1) is 15.9. The molecule has 0 spiro atoms. The highest BCUT2D eigenvalue weighted by Gasteiger charge is 2.42. The van der Waals surface area contributed by atoms with Gasteiger partial charge in [0.25, 0.3) is 5.69 Å². The smallest absolute Gasteiger partial charge is 0.270 e. The number of hydrogen-bond acceptors (Lipinski definition) is 5. The Morgan fingerprint density at radius 2 is 2.10 bits per heavy atom. The third-order valence-electron chi connectivity index (χ3n) is 3.91. The molecule has 0 aliphatic heterocycles. The largest absolute Gasteiger partial charge is 0.396 e. The monoisotopic (exact) mass is 314 g/mol. The van der Waals surface area contributed by atoms with Crippen molar-refractivity contribution < 1.29 is 18.4 Å². The fourth-order valence-corrected chi connectivity index (χ4v) is 3.67. The highest BCUT2D eigenvalue weighted by molar-refractivity contribution is 7.89.